The Kier molecular flexibility index (Phi) is 6.07. The largest absolute Gasteiger partial charge is 0.507 e. The summed E-state index contributed by atoms with van der Waals surface area (Å²) in [6.45, 7) is 4.54. The number of aliphatic hydroxyl groups is 1. The summed E-state index contributed by atoms with van der Waals surface area (Å²) in [6.07, 6.45) is 0.636. The molecule has 0 aliphatic carbocycles. The maximum absolute atomic E-state index is 14.0. The Morgan fingerprint density at radius 3 is 2.53 bits per heavy atom. The highest BCUT2D eigenvalue weighted by Crippen LogP contribution is 2.40. The van der Waals surface area contributed by atoms with Crippen LogP contribution in [0.5, 0.6) is 0 Å². The molecule has 0 spiro atoms. The normalized spacial score (nSPS) is 18.6. The fraction of sp³-hybridized carbons (Fsp3) is 0.409. The van der Waals surface area contributed by atoms with E-state index in [1.165, 1.54) is 23.1 Å². The van der Waals surface area contributed by atoms with Gasteiger partial charge in [0.05, 0.1) is 22.9 Å². The molecule has 0 saturated carbocycles. The number of aromatic nitrogens is 2. The Bertz CT molecular complexity index is 1030. The lowest BCUT2D eigenvalue weighted by Crippen LogP contribution is -2.32. The van der Waals surface area contributed by atoms with E-state index in [-0.39, 0.29) is 11.3 Å². The molecular formula is C22H27FN4O3. The number of aryl methyl sites for hydroxylation is 2. The van der Waals surface area contributed by atoms with Crippen LogP contribution in [0, 0.1) is 19.7 Å². The van der Waals surface area contributed by atoms with Crippen LogP contribution in [0.25, 0.3) is 5.76 Å². The van der Waals surface area contributed by atoms with Gasteiger partial charge in [-0.1, -0.05) is 12.1 Å². The maximum atomic E-state index is 14.0. The minimum Gasteiger partial charge on any atom is -0.507 e. The standard InChI is InChI=1S/C22H27FN4O3/c1-13-17(14(2)26(5)24-13)20(28)18-19(15-8-6-9-16(23)12-15)27(22(30)21(18)29)11-7-10-25(3)4/h6,8-9,12,19,28H,7,10-11H2,1-5H3. The van der Waals surface area contributed by atoms with Gasteiger partial charge in [0, 0.05) is 19.3 Å². The molecule has 1 aromatic carbocycles. The van der Waals surface area contributed by atoms with E-state index < -0.39 is 23.5 Å². The van der Waals surface area contributed by atoms with Crippen molar-refractivity contribution in [3.63, 3.8) is 0 Å². The summed E-state index contributed by atoms with van der Waals surface area (Å²) >= 11 is 0. The summed E-state index contributed by atoms with van der Waals surface area (Å²) in [7, 11) is 5.58. The van der Waals surface area contributed by atoms with Crippen molar-refractivity contribution in [3.8, 4) is 0 Å². The number of nitrogens with zero attached hydrogens (tertiary/aromatic N) is 4. The third-order valence-corrected chi connectivity index (χ3v) is 5.45. The van der Waals surface area contributed by atoms with Crippen LogP contribution in [-0.4, -0.2) is 63.6 Å². The predicted octanol–water partition coefficient (Wildman–Crippen LogP) is 2.55. The molecular weight excluding hydrogens is 387 g/mol. The number of hydrogen-bond donors (Lipinski definition) is 1. The van der Waals surface area contributed by atoms with E-state index in [1.54, 1.807) is 31.6 Å². The van der Waals surface area contributed by atoms with E-state index in [0.29, 0.717) is 35.5 Å². The van der Waals surface area contributed by atoms with Crippen molar-refractivity contribution in [1.82, 2.24) is 19.6 Å². The molecule has 1 unspecified atom stereocenters. The molecule has 7 nitrogen and oxygen atoms in total. The number of benzene rings is 1. The smallest absolute Gasteiger partial charge is 0.295 e. The van der Waals surface area contributed by atoms with Crippen molar-refractivity contribution < 1.29 is 19.1 Å². The molecule has 0 radical (unpaired) electrons. The molecule has 0 bridgehead atoms. The van der Waals surface area contributed by atoms with E-state index in [4.69, 9.17) is 0 Å². The lowest BCUT2D eigenvalue weighted by atomic mass is 9.94. The highest BCUT2D eigenvalue weighted by atomic mass is 19.1. The van der Waals surface area contributed by atoms with Crippen LogP contribution >= 0.6 is 0 Å². The number of aliphatic hydroxyl groups excluding tert-OH is 1. The van der Waals surface area contributed by atoms with Crippen LogP contribution in [0.3, 0.4) is 0 Å². The van der Waals surface area contributed by atoms with Gasteiger partial charge in [-0.3, -0.25) is 14.3 Å². The highest BCUT2D eigenvalue weighted by Gasteiger charge is 2.46. The van der Waals surface area contributed by atoms with Gasteiger partial charge in [-0.25, -0.2) is 4.39 Å². The topological polar surface area (TPSA) is 78.7 Å². The minimum absolute atomic E-state index is 0.0327. The molecule has 3 rings (SSSR count). The van der Waals surface area contributed by atoms with Gasteiger partial charge in [0.1, 0.15) is 11.6 Å². The summed E-state index contributed by atoms with van der Waals surface area (Å²) in [6, 6.07) is 4.94. The molecule has 1 aliphatic rings. The van der Waals surface area contributed by atoms with Crippen molar-refractivity contribution in [2.75, 3.05) is 27.2 Å². The van der Waals surface area contributed by atoms with Gasteiger partial charge < -0.3 is 14.9 Å². The first kappa shape index (κ1) is 21.7. The molecule has 30 heavy (non-hydrogen) atoms. The van der Waals surface area contributed by atoms with E-state index >= 15 is 0 Å². The second-order valence-electron chi connectivity index (χ2n) is 7.87. The van der Waals surface area contributed by atoms with Crippen LogP contribution in [0.1, 0.15) is 35.0 Å². The molecule has 1 saturated heterocycles. The van der Waals surface area contributed by atoms with Gasteiger partial charge in [-0.15, -0.1) is 0 Å². The molecule has 1 atom stereocenters. The van der Waals surface area contributed by atoms with Crippen molar-refractivity contribution in [3.05, 3.63) is 58.2 Å². The van der Waals surface area contributed by atoms with Crippen LogP contribution in [0.2, 0.25) is 0 Å². The van der Waals surface area contributed by atoms with Crippen molar-refractivity contribution in [1.29, 1.82) is 0 Å². The first-order chi connectivity index (χ1) is 14.1. The van der Waals surface area contributed by atoms with Crippen LogP contribution < -0.4 is 0 Å². The monoisotopic (exact) mass is 414 g/mol. The minimum atomic E-state index is -0.859. The van der Waals surface area contributed by atoms with E-state index in [1.807, 2.05) is 19.0 Å². The zero-order valence-corrected chi connectivity index (χ0v) is 17.9. The van der Waals surface area contributed by atoms with Crippen molar-refractivity contribution in [2.45, 2.75) is 26.3 Å². The summed E-state index contributed by atoms with van der Waals surface area (Å²) in [5, 5.41) is 15.4. The van der Waals surface area contributed by atoms with Crippen molar-refractivity contribution >= 4 is 17.4 Å². The molecule has 8 heteroatoms. The maximum Gasteiger partial charge on any atom is 0.295 e. The summed E-state index contributed by atoms with van der Waals surface area (Å²) in [4.78, 5) is 29.3. The average molecular weight is 414 g/mol. The second kappa shape index (κ2) is 8.39. The Balaban J connectivity index is 2.16. The lowest BCUT2D eigenvalue weighted by Gasteiger charge is -2.26. The Morgan fingerprint density at radius 1 is 1.27 bits per heavy atom. The summed E-state index contributed by atoms with van der Waals surface area (Å²) < 4.78 is 15.6. The number of ketones is 1. The Hall–Kier alpha value is -3.00. The fourth-order valence-corrected chi connectivity index (χ4v) is 3.94. The molecule has 160 valence electrons. The zero-order chi connectivity index (χ0) is 22.2. The highest BCUT2D eigenvalue weighted by molar-refractivity contribution is 6.46. The van der Waals surface area contributed by atoms with Gasteiger partial charge >= 0.3 is 0 Å². The Morgan fingerprint density at radius 2 is 1.97 bits per heavy atom. The lowest BCUT2D eigenvalue weighted by molar-refractivity contribution is -0.139. The number of carbonyl (C=O) groups excluding carboxylic acids is 2. The quantitative estimate of drug-likeness (QED) is 0.447. The van der Waals surface area contributed by atoms with E-state index in [2.05, 4.69) is 5.10 Å². The first-order valence-electron chi connectivity index (χ1n) is 9.82. The van der Waals surface area contributed by atoms with Gasteiger partial charge in [0.25, 0.3) is 11.7 Å². The number of amides is 1. The average Bonchev–Trinajstić information content (AvgIpc) is 3.07. The molecule has 1 fully saturated rings. The van der Waals surface area contributed by atoms with Crippen LogP contribution in [0.4, 0.5) is 4.39 Å². The van der Waals surface area contributed by atoms with Gasteiger partial charge in [-0.05, 0) is 58.6 Å². The SMILES string of the molecule is Cc1nn(C)c(C)c1C(O)=C1C(=O)C(=O)N(CCCN(C)C)C1c1cccc(F)c1. The molecule has 2 heterocycles. The second-order valence-corrected chi connectivity index (χ2v) is 7.87. The fourth-order valence-electron chi connectivity index (χ4n) is 3.94. The summed E-state index contributed by atoms with van der Waals surface area (Å²) in [5.41, 5.74) is 2.05. The number of Topliss-reactive ketones (excluding diaryl/α,β-unsaturated/α-hetero) is 1. The number of halogens is 1. The number of hydrogen-bond acceptors (Lipinski definition) is 5. The molecule has 1 aliphatic heterocycles. The van der Waals surface area contributed by atoms with Crippen LogP contribution in [0.15, 0.2) is 29.8 Å². The number of carbonyl (C=O) groups is 2. The van der Waals surface area contributed by atoms with E-state index in [9.17, 15) is 19.1 Å². The first-order valence-corrected chi connectivity index (χ1v) is 9.82. The number of likely N-dealkylation sites (tertiary alicyclic amines) is 1. The molecule has 1 N–H and O–H groups in total. The molecule has 1 aromatic heterocycles. The summed E-state index contributed by atoms with van der Waals surface area (Å²) in [5.74, 6) is -2.21. The Labute approximate surface area is 175 Å². The van der Waals surface area contributed by atoms with E-state index in [0.717, 1.165) is 6.54 Å². The molecule has 2 aromatic rings. The third kappa shape index (κ3) is 3.87. The molecule has 1 amide bonds. The predicted molar refractivity (Wildman–Crippen MR) is 111 cm³/mol. The van der Waals surface area contributed by atoms with Gasteiger partial charge in [0.2, 0.25) is 0 Å². The van der Waals surface area contributed by atoms with Crippen LogP contribution in [-0.2, 0) is 16.6 Å². The zero-order valence-electron chi connectivity index (χ0n) is 17.9. The number of rotatable bonds is 6. The van der Waals surface area contributed by atoms with Gasteiger partial charge in [-0.2, -0.15) is 5.10 Å². The van der Waals surface area contributed by atoms with Crippen molar-refractivity contribution in [2.24, 2.45) is 7.05 Å². The van der Waals surface area contributed by atoms with Gasteiger partial charge in [0.15, 0.2) is 0 Å². The third-order valence-electron chi connectivity index (χ3n) is 5.45.